The van der Waals surface area contributed by atoms with Gasteiger partial charge in [0.2, 0.25) is 0 Å². The molecule has 0 aromatic rings. The molecule has 138 valence electrons. The second-order valence-electron chi connectivity index (χ2n) is 7.54. The van der Waals surface area contributed by atoms with Gasteiger partial charge in [0.15, 0.2) is 5.57 Å². The van der Waals surface area contributed by atoms with Crippen molar-refractivity contribution >= 4 is 12.0 Å². The summed E-state index contributed by atoms with van der Waals surface area (Å²) in [6.07, 6.45) is 1.77. The number of hydrogen-bond acceptors (Lipinski definition) is 5. The van der Waals surface area contributed by atoms with Gasteiger partial charge in [0.25, 0.3) is 5.91 Å². The van der Waals surface area contributed by atoms with Crippen molar-refractivity contribution in [1.29, 1.82) is 5.26 Å². The van der Waals surface area contributed by atoms with Crippen LogP contribution in [0.25, 0.3) is 0 Å². The first kappa shape index (κ1) is 19.1. The number of amides is 2. The van der Waals surface area contributed by atoms with E-state index in [9.17, 15) is 9.59 Å². The third-order valence-electron chi connectivity index (χ3n) is 4.46. The van der Waals surface area contributed by atoms with E-state index in [2.05, 4.69) is 0 Å². The molecule has 2 heterocycles. The zero-order valence-electron chi connectivity index (χ0n) is 15.4. The van der Waals surface area contributed by atoms with Crippen LogP contribution in [0, 0.1) is 23.2 Å². The average Bonchev–Trinajstić information content (AvgIpc) is 2.96. The van der Waals surface area contributed by atoms with Crippen molar-refractivity contribution in [2.45, 2.75) is 39.7 Å². The van der Waals surface area contributed by atoms with Gasteiger partial charge in [-0.2, -0.15) is 5.26 Å². The quantitative estimate of drug-likeness (QED) is 0.443. The lowest BCUT2D eigenvalue weighted by Gasteiger charge is -2.35. The van der Waals surface area contributed by atoms with Crippen molar-refractivity contribution in [3.8, 4) is 6.07 Å². The average molecular weight is 349 g/mol. The van der Waals surface area contributed by atoms with Crippen LogP contribution in [-0.2, 0) is 14.3 Å². The van der Waals surface area contributed by atoms with Crippen LogP contribution >= 0.6 is 0 Å². The van der Waals surface area contributed by atoms with Crippen LogP contribution in [0.2, 0.25) is 0 Å². The largest absolute Gasteiger partial charge is 0.500 e. The zero-order valence-corrected chi connectivity index (χ0v) is 15.4. The highest BCUT2D eigenvalue weighted by molar-refractivity contribution is 5.97. The summed E-state index contributed by atoms with van der Waals surface area (Å²) in [7, 11) is 0. The summed E-state index contributed by atoms with van der Waals surface area (Å²) < 4.78 is 10.5. The highest BCUT2D eigenvalue weighted by Gasteiger charge is 2.41. The number of likely N-dealkylation sites (tertiary alicyclic amines) is 2. The molecule has 0 aromatic heterocycles. The van der Waals surface area contributed by atoms with Crippen molar-refractivity contribution in [3.05, 3.63) is 11.8 Å². The lowest BCUT2D eigenvalue weighted by atomic mass is 9.89. The predicted octanol–water partition coefficient (Wildman–Crippen LogP) is 2.15. The first-order valence-electron chi connectivity index (χ1n) is 8.74. The summed E-state index contributed by atoms with van der Waals surface area (Å²) in [5, 5.41) is 9.15. The minimum Gasteiger partial charge on any atom is -0.500 e. The molecular weight excluding hydrogens is 322 g/mol. The molecule has 7 nitrogen and oxygen atoms in total. The van der Waals surface area contributed by atoms with Gasteiger partial charge < -0.3 is 19.3 Å². The van der Waals surface area contributed by atoms with Crippen LogP contribution in [0.3, 0.4) is 0 Å². The SMILES string of the molecule is CCOC=C(C#N)C(=O)N1CC2CCN(C(=O)OC(C)(C)C)CC2C1. The fourth-order valence-corrected chi connectivity index (χ4v) is 3.29. The molecule has 0 radical (unpaired) electrons. The molecule has 0 spiro atoms. The maximum atomic E-state index is 12.5. The minimum atomic E-state index is -0.516. The van der Waals surface area contributed by atoms with Gasteiger partial charge in [-0.15, -0.1) is 0 Å². The summed E-state index contributed by atoms with van der Waals surface area (Å²) >= 11 is 0. The van der Waals surface area contributed by atoms with Gasteiger partial charge in [0.05, 0.1) is 6.61 Å². The molecule has 0 aliphatic carbocycles. The van der Waals surface area contributed by atoms with Gasteiger partial charge in [-0.3, -0.25) is 4.79 Å². The number of carbonyl (C=O) groups is 2. The zero-order chi connectivity index (χ0) is 18.6. The van der Waals surface area contributed by atoms with Crippen LogP contribution in [0.5, 0.6) is 0 Å². The highest BCUT2D eigenvalue weighted by atomic mass is 16.6. The van der Waals surface area contributed by atoms with Gasteiger partial charge in [-0.1, -0.05) is 0 Å². The van der Waals surface area contributed by atoms with Crippen molar-refractivity contribution in [2.24, 2.45) is 11.8 Å². The Labute approximate surface area is 149 Å². The topological polar surface area (TPSA) is 82.9 Å². The Hall–Kier alpha value is -2.23. The lowest BCUT2D eigenvalue weighted by molar-refractivity contribution is -0.126. The Morgan fingerprint density at radius 3 is 2.44 bits per heavy atom. The van der Waals surface area contributed by atoms with Crippen LogP contribution in [0.1, 0.15) is 34.1 Å². The molecule has 25 heavy (non-hydrogen) atoms. The summed E-state index contributed by atoms with van der Waals surface area (Å²) in [4.78, 5) is 28.1. The van der Waals surface area contributed by atoms with Crippen molar-refractivity contribution in [1.82, 2.24) is 9.80 Å². The van der Waals surface area contributed by atoms with E-state index < -0.39 is 5.60 Å². The first-order chi connectivity index (χ1) is 11.7. The highest BCUT2D eigenvalue weighted by Crippen LogP contribution is 2.32. The van der Waals surface area contributed by atoms with E-state index in [-0.39, 0.29) is 23.5 Å². The maximum Gasteiger partial charge on any atom is 0.410 e. The van der Waals surface area contributed by atoms with E-state index in [1.807, 2.05) is 26.8 Å². The monoisotopic (exact) mass is 349 g/mol. The molecule has 2 aliphatic heterocycles. The van der Waals surface area contributed by atoms with Gasteiger partial charge in [-0.05, 0) is 46.0 Å². The number of nitriles is 1. The lowest BCUT2D eigenvalue weighted by Crippen LogP contribution is -2.45. The van der Waals surface area contributed by atoms with Crippen LogP contribution < -0.4 is 0 Å². The molecule has 2 saturated heterocycles. The fraction of sp³-hybridized carbons (Fsp3) is 0.722. The van der Waals surface area contributed by atoms with Crippen molar-refractivity contribution in [2.75, 3.05) is 32.8 Å². The molecule has 0 aromatic carbocycles. The molecule has 7 heteroatoms. The Bertz CT molecular complexity index is 588. The van der Waals surface area contributed by atoms with E-state index in [0.717, 1.165) is 6.42 Å². The predicted molar refractivity (Wildman–Crippen MR) is 91.3 cm³/mol. The standard InChI is InChI=1S/C18H27N3O4/c1-5-24-12-14(8-19)16(22)21-9-13-6-7-20(10-15(13)11-21)17(23)25-18(2,3)4/h12-13,15H,5-7,9-11H2,1-4H3. The molecule has 2 amide bonds. The van der Waals surface area contributed by atoms with E-state index in [4.69, 9.17) is 14.7 Å². The van der Waals surface area contributed by atoms with E-state index in [1.165, 1.54) is 6.26 Å². The molecule has 2 unspecified atom stereocenters. The van der Waals surface area contributed by atoms with E-state index in [1.54, 1.807) is 16.7 Å². The van der Waals surface area contributed by atoms with Gasteiger partial charge in [0, 0.05) is 26.2 Å². The molecule has 0 bridgehead atoms. The molecule has 0 N–H and O–H groups in total. The molecule has 2 fully saturated rings. The number of carbonyl (C=O) groups excluding carboxylic acids is 2. The Morgan fingerprint density at radius 1 is 1.20 bits per heavy atom. The number of hydrogen-bond donors (Lipinski definition) is 0. The Balaban J connectivity index is 1.97. The molecule has 0 saturated carbocycles. The second kappa shape index (κ2) is 7.77. The third kappa shape index (κ3) is 4.88. The van der Waals surface area contributed by atoms with E-state index >= 15 is 0 Å². The fourth-order valence-electron chi connectivity index (χ4n) is 3.29. The van der Waals surface area contributed by atoms with Crippen molar-refractivity contribution in [3.63, 3.8) is 0 Å². The van der Waals surface area contributed by atoms with E-state index in [0.29, 0.717) is 38.7 Å². The summed E-state index contributed by atoms with van der Waals surface area (Å²) in [5.74, 6) is 0.279. The third-order valence-corrected chi connectivity index (χ3v) is 4.46. The number of rotatable bonds is 3. The maximum absolute atomic E-state index is 12.5. The Kier molecular flexibility index (Phi) is 5.93. The number of piperidine rings is 1. The van der Waals surface area contributed by atoms with Gasteiger partial charge >= 0.3 is 6.09 Å². The molecule has 2 atom stereocenters. The minimum absolute atomic E-state index is 0.0181. The second-order valence-corrected chi connectivity index (χ2v) is 7.54. The van der Waals surface area contributed by atoms with Gasteiger partial charge in [-0.25, -0.2) is 4.79 Å². The summed E-state index contributed by atoms with van der Waals surface area (Å²) in [5.41, 5.74) is -0.498. The van der Waals surface area contributed by atoms with Crippen LogP contribution in [0.15, 0.2) is 11.8 Å². The molecule has 2 rings (SSSR count). The normalized spacial score (nSPS) is 23.7. The van der Waals surface area contributed by atoms with Crippen LogP contribution in [-0.4, -0.2) is 60.2 Å². The molecule has 2 aliphatic rings. The van der Waals surface area contributed by atoms with Gasteiger partial charge in [0.1, 0.15) is 17.9 Å². The molecular formula is C18H27N3O4. The Morgan fingerprint density at radius 2 is 1.84 bits per heavy atom. The summed E-state index contributed by atoms with van der Waals surface area (Å²) in [6.45, 7) is 10.1. The number of nitrogens with zero attached hydrogens (tertiary/aromatic N) is 3. The first-order valence-corrected chi connectivity index (χ1v) is 8.74. The van der Waals surface area contributed by atoms with Crippen molar-refractivity contribution < 1.29 is 19.1 Å². The van der Waals surface area contributed by atoms with Crippen LogP contribution in [0.4, 0.5) is 4.79 Å². The summed E-state index contributed by atoms with van der Waals surface area (Å²) in [6, 6.07) is 1.91. The smallest absolute Gasteiger partial charge is 0.410 e. The number of fused-ring (bicyclic) bond motifs is 1. The number of ether oxygens (including phenoxy) is 2.